The summed E-state index contributed by atoms with van der Waals surface area (Å²) in [5.74, 6) is 0.0787. The number of nitrogens with two attached hydrogens (primary N) is 1. The van der Waals surface area contributed by atoms with E-state index >= 15 is 0 Å². The minimum atomic E-state index is -2.98. The van der Waals surface area contributed by atoms with E-state index in [1.807, 2.05) is 13.1 Å². The highest BCUT2D eigenvalue weighted by Gasteiger charge is 2.19. The largest absolute Gasteiger partial charge is 0.433 e. The van der Waals surface area contributed by atoms with Gasteiger partial charge in [-0.25, -0.2) is 4.98 Å². The molecule has 0 saturated carbocycles. The maximum absolute atomic E-state index is 13.1. The van der Waals surface area contributed by atoms with Gasteiger partial charge in [0.2, 0.25) is 5.95 Å². The zero-order valence-corrected chi connectivity index (χ0v) is 19.5. The molecule has 1 saturated heterocycles. The predicted molar refractivity (Wildman–Crippen MR) is 129 cm³/mol. The Balaban J connectivity index is 1.58. The third-order valence-electron chi connectivity index (χ3n) is 5.41. The van der Waals surface area contributed by atoms with Gasteiger partial charge in [-0.05, 0) is 37.6 Å². The molecule has 1 amide bonds. The van der Waals surface area contributed by atoms with Crippen LogP contribution >= 0.6 is 11.3 Å². The van der Waals surface area contributed by atoms with Gasteiger partial charge in [0.25, 0.3) is 5.91 Å². The number of amides is 1. The molecule has 0 atom stereocenters. The minimum Gasteiger partial charge on any atom is -0.433 e. The third kappa shape index (κ3) is 5.51. The number of hydrogen-bond donors (Lipinski definition) is 3. The number of thiophene rings is 1. The predicted octanol–water partition coefficient (Wildman–Crippen LogP) is 3.79. The monoisotopic (exact) mass is 489 g/mol. The minimum absolute atomic E-state index is 0.000962. The van der Waals surface area contributed by atoms with Crippen molar-refractivity contribution in [3.63, 3.8) is 0 Å². The average Bonchev–Trinajstić information content (AvgIpc) is 3.26. The average molecular weight is 490 g/mol. The lowest BCUT2D eigenvalue weighted by molar-refractivity contribution is -0.0493. The van der Waals surface area contributed by atoms with E-state index in [0.29, 0.717) is 22.1 Å². The second kappa shape index (κ2) is 10.2. The lowest BCUT2D eigenvalue weighted by Gasteiger charge is -2.34. The van der Waals surface area contributed by atoms with Crippen molar-refractivity contribution in [2.45, 2.75) is 13.5 Å². The molecule has 0 radical (unpaired) electrons. The number of benzene rings is 1. The Bertz CT molecular complexity index is 1170. The molecule has 4 N–H and O–H groups in total. The van der Waals surface area contributed by atoms with Crippen molar-refractivity contribution in [3.8, 4) is 5.75 Å². The van der Waals surface area contributed by atoms with Gasteiger partial charge in [0.15, 0.2) is 5.75 Å². The molecule has 3 aromatic rings. The molecule has 180 valence electrons. The lowest BCUT2D eigenvalue weighted by atomic mass is 10.2. The standard InChI is InChI=1S/C22H25F2N7O2S/c1-13-12-26-22(29-20(13)27-16-5-10-34-18(16)19(25)32)28-15-4-3-14(11-17(15)33-21(23)24)31-8-6-30(2)7-9-31/h3-5,10-12,21H,6-9H2,1-2H3,(H2,25,32)(H2,26,27,28,29). The number of likely N-dealkylation sites (N-methyl/N-ethyl adjacent to an activating group) is 1. The Morgan fingerprint density at radius 3 is 2.65 bits per heavy atom. The molecule has 1 aliphatic rings. The van der Waals surface area contributed by atoms with Crippen LogP contribution in [0.5, 0.6) is 5.75 Å². The van der Waals surface area contributed by atoms with Crippen molar-refractivity contribution in [1.82, 2.24) is 14.9 Å². The maximum atomic E-state index is 13.1. The zero-order valence-electron chi connectivity index (χ0n) is 18.7. The van der Waals surface area contributed by atoms with Gasteiger partial charge < -0.3 is 30.9 Å². The summed E-state index contributed by atoms with van der Waals surface area (Å²) in [6.45, 7) is 2.19. The summed E-state index contributed by atoms with van der Waals surface area (Å²) in [5, 5.41) is 7.79. The molecule has 1 aliphatic heterocycles. The van der Waals surface area contributed by atoms with Gasteiger partial charge >= 0.3 is 6.61 Å². The van der Waals surface area contributed by atoms with Crippen LogP contribution in [0.3, 0.4) is 0 Å². The van der Waals surface area contributed by atoms with Crippen LogP contribution in [-0.4, -0.2) is 60.6 Å². The molecule has 1 fully saturated rings. The quantitative estimate of drug-likeness (QED) is 0.439. The second-order valence-electron chi connectivity index (χ2n) is 7.85. The van der Waals surface area contributed by atoms with E-state index in [9.17, 15) is 13.6 Å². The number of anilines is 5. The van der Waals surface area contributed by atoms with Gasteiger partial charge in [-0.15, -0.1) is 11.3 Å². The normalized spacial score (nSPS) is 14.3. The molecule has 4 rings (SSSR count). The van der Waals surface area contributed by atoms with Gasteiger partial charge in [0, 0.05) is 49.7 Å². The van der Waals surface area contributed by atoms with Crippen LogP contribution < -0.4 is 26.0 Å². The molecule has 0 bridgehead atoms. The number of nitrogens with zero attached hydrogens (tertiary/aromatic N) is 4. The molecule has 2 aromatic heterocycles. The Hall–Kier alpha value is -3.51. The number of aromatic nitrogens is 2. The lowest BCUT2D eigenvalue weighted by Crippen LogP contribution is -2.44. The molecule has 1 aromatic carbocycles. The number of aryl methyl sites for hydroxylation is 1. The molecule has 3 heterocycles. The van der Waals surface area contributed by atoms with E-state index in [-0.39, 0.29) is 11.7 Å². The fourth-order valence-corrected chi connectivity index (χ4v) is 4.25. The van der Waals surface area contributed by atoms with Gasteiger partial charge in [-0.2, -0.15) is 13.8 Å². The summed E-state index contributed by atoms with van der Waals surface area (Å²) in [4.78, 5) is 25.0. The van der Waals surface area contributed by atoms with E-state index < -0.39 is 12.5 Å². The first-order valence-electron chi connectivity index (χ1n) is 10.6. The highest BCUT2D eigenvalue weighted by molar-refractivity contribution is 7.12. The topological polar surface area (TPSA) is 109 Å². The van der Waals surface area contributed by atoms with Gasteiger partial charge in [0.05, 0.1) is 11.4 Å². The Kier molecular flexibility index (Phi) is 7.08. The molecule has 0 spiro atoms. The number of nitrogens with one attached hydrogen (secondary N) is 2. The number of rotatable bonds is 8. The fraction of sp³-hybridized carbons (Fsp3) is 0.318. The van der Waals surface area contributed by atoms with Crippen LogP contribution in [0.2, 0.25) is 0 Å². The molecule has 0 unspecified atom stereocenters. The summed E-state index contributed by atoms with van der Waals surface area (Å²) in [5.41, 5.74) is 7.78. The first kappa shape index (κ1) is 23.6. The van der Waals surface area contributed by atoms with E-state index in [1.54, 1.807) is 36.7 Å². The van der Waals surface area contributed by atoms with Crippen LogP contribution in [0.1, 0.15) is 15.2 Å². The maximum Gasteiger partial charge on any atom is 0.387 e. The highest BCUT2D eigenvalue weighted by atomic mass is 32.1. The van der Waals surface area contributed by atoms with Crippen LogP contribution in [-0.2, 0) is 0 Å². The molecular formula is C22H25F2N7O2S. The van der Waals surface area contributed by atoms with Crippen LogP contribution in [0.4, 0.5) is 37.6 Å². The van der Waals surface area contributed by atoms with Crippen LogP contribution in [0.25, 0.3) is 0 Å². The Morgan fingerprint density at radius 1 is 1.18 bits per heavy atom. The zero-order chi connectivity index (χ0) is 24.2. The number of halogens is 2. The van der Waals surface area contributed by atoms with Crippen molar-refractivity contribution in [3.05, 3.63) is 46.3 Å². The summed E-state index contributed by atoms with van der Waals surface area (Å²) in [6, 6.07) is 6.85. The number of ether oxygens (including phenoxy) is 1. The third-order valence-corrected chi connectivity index (χ3v) is 6.34. The number of carbonyl (C=O) groups excluding carboxylic acids is 1. The van der Waals surface area contributed by atoms with E-state index in [1.165, 1.54) is 11.3 Å². The molecule has 12 heteroatoms. The first-order valence-corrected chi connectivity index (χ1v) is 11.5. The van der Waals surface area contributed by atoms with E-state index in [4.69, 9.17) is 10.5 Å². The second-order valence-corrected chi connectivity index (χ2v) is 8.77. The van der Waals surface area contributed by atoms with Crippen molar-refractivity contribution in [2.75, 3.05) is 48.8 Å². The Labute approximate surface area is 199 Å². The first-order chi connectivity index (χ1) is 16.3. The van der Waals surface area contributed by atoms with Crippen molar-refractivity contribution in [2.24, 2.45) is 5.73 Å². The van der Waals surface area contributed by atoms with E-state index in [2.05, 4.69) is 30.4 Å². The number of alkyl halides is 2. The van der Waals surface area contributed by atoms with Crippen LogP contribution in [0, 0.1) is 6.92 Å². The molecule has 9 nitrogen and oxygen atoms in total. The summed E-state index contributed by atoms with van der Waals surface area (Å²) in [7, 11) is 2.05. The van der Waals surface area contributed by atoms with Gasteiger partial charge in [0.1, 0.15) is 10.7 Å². The summed E-state index contributed by atoms with van der Waals surface area (Å²) >= 11 is 1.22. The highest BCUT2D eigenvalue weighted by Crippen LogP contribution is 2.34. The number of piperazine rings is 1. The number of primary amides is 1. The molecular weight excluding hydrogens is 464 g/mol. The van der Waals surface area contributed by atoms with Crippen molar-refractivity contribution in [1.29, 1.82) is 0 Å². The summed E-state index contributed by atoms with van der Waals surface area (Å²) < 4.78 is 31.1. The van der Waals surface area contributed by atoms with Gasteiger partial charge in [-0.3, -0.25) is 4.79 Å². The summed E-state index contributed by atoms with van der Waals surface area (Å²) in [6.07, 6.45) is 1.58. The fourth-order valence-electron chi connectivity index (χ4n) is 3.54. The van der Waals surface area contributed by atoms with Crippen LogP contribution in [0.15, 0.2) is 35.8 Å². The van der Waals surface area contributed by atoms with E-state index in [0.717, 1.165) is 37.4 Å². The molecule has 34 heavy (non-hydrogen) atoms. The van der Waals surface area contributed by atoms with Gasteiger partial charge in [-0.1, -0.05) is 0 Å². The van der Waals surface area contributed by atoms with Crippen molar-refractivity contribution >= 4 is 46.1 Å². The smallest absolute Gasteiger partial charge is 0.387 e. The van der Waals surface area contributed by atoms with Crippen molar-refractivity contribution < 1.29 is 18.3 Å². The number of carbonyl (C=O) groups is 1. The molecule has 0 aliphatic carbocycles. The Morgan fingerprint density at radius 2 is 1.94 bits per heavy atom. The number of hydrogen-bond acceptors (Lipinski definition) is 9. The SMILES string of the molecule is Cc1cnc(Nc2ccc(N3CCN(C)CC3)cc2OC(F)F)nc1Nc1ccsc1C(N)=O.